The lowest BCUT2D eigenvalue weighted by molar-refractivity contribution is 0.113. The highest BCUT2D eigenvalue weighted by molar-refractivity contribution is 4.95. The lowest BCUT2D eigenvalue weighted by Gasteiger charge is -2.43. The van der Waals surface area contributed by atoms with Crippen LogP contribution in [-0.2, 0) is 0 Å². The van der Waals surface area contributed by atoms with Crippen molar-refractivity contribution in [1.82, 2.24) is 5.32 Å². The molecule has 2 N–H and O–H groups in total. The van der Waals surface area contributed by atoms with Gasteiger partial charge < -0.3 is 10.4 Å². The van der Waals surface area contributed by atoms with Crippen LogP contribution in [0.2, 0.25) is 0 Å². The summed E-state index contributed by atoms with van der Waals surface area (Å²) in [6.45, 7) is 5.94. The summed E-state index contributed by atoms with van der Waals surface area (Å²) < 4.78 is 0. The van der Waals surface area contributed by atoms with Gasteiger partial charge in [0.15, 0.2) is 0 Å². The van der Waals surface area contributed by atoms with Gasteiger partial charge in [0.25, 0.3) is 0 Å². The zero-order valence-corrected chi connectivity index (χ0v) is 9.68. The summed E-state index contributed by atoms with van der Waals surface area (Å²) in [6.07, 6.45) is 7.35. The molecular formula is C12H25NO. The largest absolute Gasteiger partial charge is 0.396 e. The highest BCUT2D eigenvalue weighted by atomic mass is 16.3. The number of aliphatic hydroxyl groups is 1. The molecule has 0 radical (unpaired) electrons. The topological polar surface area (TPSA) is 32.3 Å². The number of aliphatic hydroxyl groups excluding tert-OH is 1. The molecule has 0 spiro atoms. The quantitative estimate of drug-likeness (QED) is 0.712. The van der Waals surface area contributed by atoms with E-state index in [4.69, 9.17) is 5.11 Å². The lowest BCUT2D eigenvalue weighted by atomic mass is 9.72. The van der Waals surface area contributed by atoms with E-state index < -0.39 is 0 Å². The van der Waals surface area contributed by atoms with Gasteiger partial charge in [0.1, 0.15) is 0 Å². The maximum absolute atomic E-state index is 9.16. The molecule has 2 unspecified atom stereocenters. The standard InChI is InChI=1S/C12H25NO/c1-3-9-13-12(8-10-14)7-5-4-6-11(12)2/h11,13-14H,3-10H2,1-2H3. The second kappa shape index (κ2) is 5.72. The van der Waals surface area contributed by atoms with Crippen LogP contribution in [0, 0.1) is 5.92 Å². The molecule has 0 saturated heterocycles. The lowest BCUT2D eigenvalue weighted by Crippen LogP contribution is -2.53. The maximum atomic E-state index is 9.16. The van der Waals surface area contributed by atoms with Crippen molar-refractivity contribution < 1.29 is 5.11 Å². The van der Waals surface area contributed by atoms with E-state index in [1.165, 1.54) is 32.1 Å². The summed E-state index contributed by atoms with van der Waals surface area (Å²) >= 11 is 0. The zero-order valence-electron chi connectivity index (χ0n) is 9.68. The fourth-order valence-electron chi connectivity index (χ4n) is 2.71. The molecule has 0 heterocycles. The minimum absolute atomic E-state index is 0.239. The highest BCUT2D eigenvalue weighted by Crippen LogP contribution is 2.35. The van der Waals surface area contributed by atoms with Crippen molar-refractivity contribution in [2.75, 3.05) is 13.2 Å². The predicted octanol–water partition coefficient (Wildman–Crippen LogP) is 2.32. The first-order valence-corrected chi connectivity index (χ1v) is 6.11. The second-order valence-electron chi connectivity index (χ2n) is 4.70. The summed E-state index contributed by atoms with van der Waals surface area (Å²) in [5.74, 6) is 0.718. The second-order valence-corrected chi connectivity index (χ2v) is 4.70. The normalized spacial score (nSPS) is 33.2. The zero-order chi connectivity index (χ0) is 10.4. The molecule has 0 aliphatic heterocycles. The average molecular weight is 199 g/mol. The number of nitrogens with one attached hydrogen (secondary N) is 1. The molecule has 14 heavy (non-hydrogen) atoms. The first-order chi connectivity index (χ1) is 6.75. The Morgan fingerprint density at radius 1 is 1.43 bits per heavy atom. The summed E-state index contributed by atoms with van der Waals surface area (Å²) in [6, 6.07) is 0. The van der Waals surface area contributed by atoms with Gasteiger partial charge in [-0.1, -0.05) is 26.7 Å². The predicted molar refractivity (Wildman–Crippen MR) is 60.4 cm³/mol. The van der Waals surface area contributed by atoms with E-state index in [-0.39, 0.29) is 5.54 Å². The van der Waals surface area contributed by atoms with Crippen LogP contribution in [0.4, 0.5) is 0 Å². The third-order valence-corrected chi connectivity index (χ3v) is 3.74. The van der Waals surface area contributed by atoms with E-state index in [9.17, 15) is 0 Å². The Hall–Kier alpha value is -0.0800. The number of rotatable bonds is 5. The first-order valence-electron chi connectivity index (χ1n) is 6.11. The van der Waals surface area contributed by atoms with Crippen molar-refractivity contribution in [3.8, 4) is 0 Å². The van der Waals surface area contributed by atoms with Crippen LogP contribution in [0.5, 0.6) is 0 Å². The molecule has 2 nitrogen and oxygen atoms in total. The molecule has 1 saturated carbocycles. The first kappa shape index (κ1) is 12.0. The Bertz CT molecular complexity index is 156. The van der Waals surface area contributed by atoms with E-state index >= 15 is 0 Å². The maximum Gasteiger partial charge on any atom is 0.0448 e. The molecule has 2 heteroatoms. The average Bonchev–Trinajstić information content (AvgIpc) is 2.20. The number of hydrogen-bond acceptors (Lipinski definition) is 2. The minimum Gasteiger partial charge on any atom is -0.396 e. The Labute approximate surface area is 88.1 Å². The van der Waals surface area contributed by atoms with Crippen LogP contribution in [0.15, 0.2) is 0 Å². The third kappa shape index (κ3) is 2.71. The Morgan fingerprint density at radius 3 is 2.79 bits per heavy atom. The van der Waals surface area contributed by atoms with Crippen molar-refractivity contribution in [3.63, 3.8) is 0 Å². The van der Waals surface area contributed by atoms with Gasteiger partial charge in [-0.05, 0) is 38.1 Å². The van der Waals surface area contributed by atoms with Crippen molar-refractivity contribution in [2.24, 2.45) is 5.92 Å². The minimum atomic E-state index is 0.239. The molecule has 2 atom stereocenters. The monoisotopic (exact) mass is 199 g/mol. The SMILES string of the molecule is CCCNC1(CCO)CCCCC1C. The molecule has 1 rings (SSSR count). The molecule has 0 aromatic rings. The third-order valence-electron chi connectivity index (χ3n) is 3.74. The van der Waals surface area contributed by atoms with E-state index in [1.54, 1.807) is 0 Å². The van der Waals surface area contributed by atoms with E-state index in [1.807, 2.05) is 0 Å². The van der Waals surface area contributed by atoms with Gasteiger partial charge >= 0.3 is 0 Å². The molecule has 1 aliphatic carbocycles. The molecule has 0 amide bonds. The van der Waals surface area contributed by atoms with Crippen molar-refractivity contribution in [2.45, 2.75) is 57.9 Å². The molecule has 1 aliphatic rings. The van der Waals surface area contributed by atoms with E-state index in [0.29, 0.717) is 6.61 Å². The summed E-state index contributed by atoms with van der Waals surface area (Å²) in [7, 11) is 0. The summed E-state index contributed by atoms with van der Waals surface area (Å²) in [5.41, 5.74) is 0.239. The van der Waals surface area contributed by atoms with Crippen LogP contribution < -0.4 is 5.32 Å². The molecule has 0 bridgehead atoms. The molecule has 0 aromatic carbocycles. The van der Waals surface area contributed by atoms with E-state index in [0.717, 1.165) is 18.9 Å². The van der Waals surface area contributed by atoms with Gasteiger partial charge in [0.05, 0.1) is 0 Å². The summed E-state index contributed by atoms with van der Waals surface area (Å²) in [4.78, 5) is 0. The van der Waals surface area contributed by atoms with E-state index in [2.05, 4.69) is 19.2 Å². The van der Waals surface area contributed by atoms with Crippen LogP contribution >= 0.6 is 0 Å². The molecule has 1 fully saturated rings. The van der Waals surface area contributed by atoms with Gasteiger partial charge in [-0.15, -0.1) is 0 Å². The van der Waals surface area contributed by atoms with Crippen molar-refractivity contribution in [1.29, 1.82) is 0 Å². The Balaban J connectivity index is 2.57. The fraction of sp³-hybridized carbons (Fsp3) is 1.00. The van der Waals surface area contributed by atoms with Gasteiger partial charge in [-0.2, -0.15) is 0 Å². The van der Waals surface area contributed by atoms with Crippen LogP contribution in [0.1, 0.15) is 52.4 Å². The van der Waals surface area contributed by atoms with Gasteiger partial charge in [-0.3, -0.25) is 0 Å². The summed E-state index contributed by atoms with van der Waals surface area (Å²) in [5, 5.41) is 12.8. The van der Waals surface area contributed by atoms with Gasteiger partial charge in [-0.25, -0.2) is 0 Å². The van der Waals surface area contributed by atoms with Crippen molar-refractivity contribution in [3.05, 3.63) is 0 Å². The van der Waals surface area contributed by atoms with Crippen LogP contribution in [-0.4, -0.2) is 23.8 Å². The molecule has 84 valence electrons. The Morgan fingerprint density at radius 2 is 2.21 bits per heavy atom. The van der Waals surface area contributed by atoms with Crippen LogP contribution in [0.3, 0.4) is 0 Å². The smallest absolute Gasteiger partial charge is 0.0448 e. The van der Waals surface area contributed by atoms with Gasteiger partial charge in [0.2, 0.25) is 0 Å². The van der Waals surface area contributed by atoms with Crippen molar-refractivity contribution >= 4 is 0 Å². The highest BCUT2D eigenvalue weighted by Gasteiger charge is 2.36. The fourth-order valence-corrected chi connectivity index (χ4v) is 2.71. The Kier molecular flexibility index (Phi) is 4.90. The number of hydrogen-bond donors (Lipinski definition) is 2. The molecule has 0 aromatic heterocycles. The van der Waals surface area contributed by atoms with Crippen LogP contribution in [0.25, 0.3) is 0 Å². The van der Waals surface area contributed by atoms with Gasteiger partial charge in [0, 0.05) is 12.1 Å². The molecular weight excluding hydrogens is 174 g/mol.